The van der Waals surface area contributed by atoms with Crippen LogP contribution in [0.25, 0.3) is 0 Å². The Balaban J connectivity index is 0.00000320. The molecule has 0 bridgehead atoms. The van der Waals surface area contributed by atoms with Gasteiger partial charge in [-0.3, -0.25) is 4.79 Å². The summed E-state index contributed by atoms with van der Waals surface area (Å²) in [6, 6.07) is 15.5. The van der Waals surface area contributed by atoms with Gasteiger partial charge in [0.25, 0.3) is 0 Å². The van der Waals surface area contributed by atoms with E-state index in [-0.39, 0.29) is 24.4 Å². The monoisotopic (exact) mass is 434 g/mol. The van der Waals surface area contributed by atoms with E-state index in [2.05, 4.69) is 5.32 Å². The van der Waals surface area contributed by atoms with Crippen molar-refractivity contribution in [1.29, 1.82) is 0 Å². The maximum absolute atomic E-state index is 12.9. The van der Waals surface area contributed by atoms with Crippen molar-refractivity contribution in [2.45, 2.75) is 25.8 Å². The summed E-state index contributed by atoms with van der Waals surface area (Å²) in [7, 11) is 1.67. The lowest BCUT2D eigenvalue weighted by Crippen LogP contribution is -2.48. The van der Waals surface area contributed by atoms with E-state index in [1.165, 1.54) is 0 Å². The molecule has 1 aliphatic heterocycles. The first-order valence-electron chi connectivity index (χ1n) is 10.2. The van der Waals surface area contributed by atoms with Crippen molar-refractivity contribution in [3.05, 3.63) is 54.1 Å². The molecule has 1 saturated heterocycles. The number of hydrogen-bond donors (Lipinski definition) is 1. The molecule has 0 saturated carbocycles. The van der Waals surface area contributed by atoms with Gasteiger partial charge in [0.2, 0.25) is 5.91 Å². The number of nitrogens with one attached hydrogen (secondary N) is 1. The first kappa shape index (κ1) is 23.8. The van der Waals surface area contributed by atoms with Crippen LogP contribution in [0, 0.1) is 0 Å². The molecule has 1 aliphatic rings. The van der Waals surface area contributed by atoms with E-state index in [1.54, 1.807) is 7.11 Å². The van der Waals surface area contributed by atoms with E-state index >= 15 is 0 Å². The minimum atomic E-state index is -0.0213. The normalized spacial score (nSPS) is 15.8. The molecule has 7 heteroatoms. The van der Waals surface area contributed by atoms with E-state index in [9.17, 15) is 4.79 Å². The highest BCUT2D eigenvalue weighted by atomic mass is 35.5. The maximum atomic E-state index is 12.9. The van der Waals surface area contributed by atoms with E-state index in [0.717, 1.165) is 35.9 Å². The van der Waals surface area contributed by atoms with Crippen LogP contribution < -0.4 is 19.5 Å². The van der Waals surface area contributed by atoms with Crippen LogP contribution >= 0.6 is 12.4 Å². The minimum Gasteiger partial charge on any atom is -0.496 e. The first-order chi connectivity index (χ1) is 14.2. The molecule has 0 aromatic heterocycles. The number of para-hydroxylation sites is 3. The lowest BCUT2D eigenvalue weighted by molar-refractivity contribution is -0.134. The molecule has 0 aliphatic carbocycles. The van der Waals surface area contributed by atoms with Crippen LogP contribution in [0.4, 0.5) is 0 Å². The quantitative estimate of drug-likeness (QED) is 0.607. The Labute approximate surface area is 184 Å². The number of carbonyl (C=O) groups excluding carboxylic acids is 1. The van der Waals surface area contributed by atoms with E-state index in [4.69, 9.17) is 14.2 Å². The molecule has 1 N–H and O–H groups in total. The second-order valence-electron chi connectivity index (χ2n) is 6.88. The fourth-order valence-electron chi connectivity index (χ4n) is 3.62. The zero-order valence-corrected chi connectivity index (χ0v) is 18.5. The summed E-state index contributed by atoms with van der Waals surface area (Å²) in [5.74, 6) is 2.41. The van der Waals surface area contributed by atoms with Crippen LogP contribution in [-0.4, -0.2) is 50.8 Å². The first-order valence-corrected chi connectivity index (χ1v) is 10.2. The molecule has 6 nitrogen and oxygen atoms in total. The van der Waals surface area contributed by atoms with Crippen LogP contribution in [0.1, 0.15) is 31.4 Å². The molecule has 0 radical (unpaired) electrons. The molecule has 1 atom stereocenters. The van der Waals surface area contributed by atoms with Gasteiger partial charge in [0.05, 0.1) is 26.4 Å². The van der Waals surface area contributed by atoms with Crippen LogP contribution in [-0.2, 0) is 4.79 Å². The van der Waals surface area contributed by atoms with Gasteiger partial charge >= 0.3 is 0 Å². The highest BCUT2D eigenvalue weighted by Crippen LogP contribution is 2.31. The molecule has 2 aromatic carbocycles. The molecule has 0 spiro atoms. The smallest absolute Gasteiger partial charge is 0.223 e. The molecule has 30 heavy (non-hydrogen) atoms. The van der Waals surface area contributed by atoms with Crippen molar-refractivity contribution in [3.63, 3.8) is 0 Å². The van der Waals surface area contributed by atoms with Crippen molar-refractivity contribution in [1.82, 2.24) is 10.2 Å². The van der Waals surface area contributed by atoms with Gasteiger partial charge in [-0.2, -0.15) is 0 Å². The number of nitrogens with zero attached hydrogens (tertiary/aromatic N) is 1. The van der Waals surface area contributed by atoms with Crippen molar-refractivity contribution in [2.75, 3.05) is 40.0 Å². The highest BCUT2D eigenvalue weighted by molar-refractivity contribution is 5.85. The second kappa shape index (κ2) is 12.3. The Morgan fingerprint density at radius 1 is 1.07 bits per heavy atom. The number of methoxy groups -OCH3 is 1. The van der Waals surface area contributed by atoms with Gasteiger partial charge in [-0.1, -0.05) is 30.3 Å². The lowest BCUT2D eigenvalue weighted by Gasteiger charge is -2.37. The molecule has 2 aromatic rings. The number of benzene rings is 2. The van der Waals surface area contributed by atoms with Gasteiger partial charge in [0, 0.05) is 31.6 Å². The van der Waals surface area contributed by atoms with E-state index in [1.807, 2.05) is 60.4 Å². The van der Waals surface area contributed by atoms with Crippen LogP contribution in [0.15, 0.2) is 48.5 Å². The number of carbonyl (C=O) groups is 1. The average molecular weight is 435 g/mol. The Bertz CT molecular complexity index is 802. The van der Waals surface area contributed by atoms with Gasteiger partial charge < -0.3 is 24.4 Å². The molecule has 1 heterocycles. The molecular formula is C23H31ClN2O4. The van der Waals surface area contributed by atoms with E-state index in [0.29, 0.717) is 32.6 Å². The zero-order valence-electron chi connectivity index (χ0n) is 17.6. The van der Waals surface area contributed by atoms with Gasteiger partial charge in [0.1, 0.15) is 5.75 Å². The fraction of sp³-hybridized carbons (Fsp3) is 0.435. The van der Waals surface area contributed by atoms with E-state index < -0.39 is 0 Å². The third kappa shape index (κ3) is 6.03. The second-order valence-corrected chi connectivity index (χ2v) is 6.88. The summed E-state index contributed by atoms with van der Waals surface area (Å²) >= 11 is 0. The Morgan fingerprint density at radius 2 is 1.73 bits per heavy atom. The number of hydrogen-bond acceptors (Lipinski definition) is 5. The molecule has 1 fully saturated rings. The topological polar surface area (TPSA) is 60.0 Å². The SMILES string of the molecule is CCOc1ccccc1OCCCC(=O)N1CCNCC1c1ccccc1OC.Cl. The van der Waals surface area contributed by atoms with Crippen LogP contribution in [0.2, 0.25) is 0 Å². The van der Waals surface area contributed by atoms with Gasteiger partial charge in [0.15, 0.2) is 11.5 Å². The standard InChI is InChI=1S/C23H30N2O4.ClH/c1-3-28-21-11-6-7-12-22(21)29-16-8-13-23(26)25-15-14-24-17-19(25)18-9-4-5-10-20(18)27-2;/h4-7,9-12,19,24H,3,8,13-17H2,1-2H3;1H. The lowest BCUT2D eigenvalue weighted by atomic mass is 10.0. The largest absolute Gasteiger partial charge is 0.496 e. The van der Waals surface area contributed by atoms with Crippen molar-refractivity contribution in [3.8, 4) is 17.2 Å². The summed E-state index contributed by atoms with van der Waals surface area (Å²) in [6.07, 6.45) is 1.10. The number of piperazine rings is 1. The fourth-order valence-corrected chi connectivity index (χ4v) is 3.62. The maximum Gasteiger partial charge on any atom is 0.223 e. The van der Waals surface area contributed by atoms with Gasteiger partial charge in [-0.05, 0) is 31.5 Å². The summed E-state index contributed by atoms with van der Waals surface area (Å²) in [5.41, 5.74) is 1.04. The summed E-state index contributed by atoms with van der Waals surface area (Å²) in [5, 5.41) is 3.39. The Morgan fingerprint density at radius 3 is 2.43 bits per heavy atom. The van der Waals surface area contributed by atoms with Crippen LogP contribution in [0.5, 0.6) is 17.2 Å². The predicted molar refractivity (Wildman–Crippen MR) is 120 cm³/mol. The Kier molecular flexibility index (Phi) is 9.77. The summed E-state index contributed by atoms with van der Waals surface area (Å²) in [4.78, 5) is 14.9. The summed E-state index contributed by atoms with van der Waals surface area (Å²) < 4.78 is 16.9. The number of halogens is 1. The third-order valence-corrected chi connectivity index (χ3v) is 5.00. The zero-order chi connectivity index (χ0) is 20.5. The van der Waals surface area contributed by atoms with Gasteiger partial charge in [-0.25, -0.2) is 0 Å². The van der Waals surface area contributed by atoms with Gasteiger partial charge in [-0.15, -0.1) is 12.4 Å². The summed E-state index contributed by atoms with van der Waals surface area (Å²) in [6.45, 7) is 5.23. The van der Waals surface area contributed by atoms with Crippen molar-refractivity contribution < 1.29 is 19.0 Å². The molecule has 3 rings (SSSR count). The minimum absolute atomic E-state index is 0. The highest BCUT2D eigenvalue weighted by Gasteiger charge is 2.29. The number of rotatable bonds is 9. The Hall–Kier alpha value is -2.44. The average Bonchev–Trinajstić information content (AvgIpc) is 2.77. The molecule has 1 unspecified atom stereocenters. The molecule has 164 valence electrons. The van der Waals surface area contributed by atoms with Crippen molar-refractivity contribution in [2.24, 2.45) is 0 Å². The van der Waals surface area contributed by atoms with Crippen molar-refractivity contribution >= 4 is 18.3 Å². The third-order valence-electron chi connectivity index (χ3n) is 5.00. The number of ether oxygens (including phenoxy) is 3. The molecule has 1 amide bonds. The van der Waals surface area contributed by atoms with Crippen LogP contribution in [0.3, 0.4) is 0 Å². The predicted octanol–water partition coefficient (Wildman–Crippen LogP) is 3.85. The molecular weight excluding hydrogens is 404 g/mol. The number of amides is 1.